The molecule has 3 aromatic heterocycles. The van der Waals surface area contributed by atoms with E-state index in [-0.39, 0.29) is 6.10 Å². The van der Waals surface area contributed by atoms with Gasteiger partial charge < -0.3 is 9.64 Å². The third kappa shape index (κ3) is 4.95. The van der Waals surface area contributed by atoms with Gasteiger partial charge in [0.25, 0.3) is 5.19 Å². The fourth-order valence-electron chi connectivity index (χ4n) is 4.33. The van der Waals surface area contributed by atoms with Crippen LogP contribution in [0.5, 0.6) is 5.19 Å². The summed E-state index contributed by atoms with van der Waals surface area (Å²) >= 11 is 3.27. The van der Waals surface area contributed by atoms with E-state index in [2.05, 4.69) is 66.0 Å². The van der Waals surface area contributed by atoms with Crippen LogP contribution in [0.1, 0.15) is 25.3 Å². The number of aromatic nitrogens is 3. The van der Waals surface area contributed by atoms with E-state index in [1.165, 1.54) is 16.2 Å². The lowest BCUT2D eigenvalue weighted by Crippen LogP contribution is -2.39. The molecule has 0 radical (unpaired) electrons. The van der Waals surface area contributed by atoms with Gasteiger partial charge in [0.15, 0.2) is 0 Å². The van der Waals surface area contributed by atoms with E-state index in [4.69, 9.17) is 14.7 Å². The fourth-order valence-corrected chi connectivity index (χ4v) is 5.61. The lowest BCUT2D eigenvalue weighted by atomic mass is 9.92. The zero-order chi connectivity index (χ0) is 23.5. The van der Waals surface area contributed by atoms with Crippen LogP contribution >= 0.6 is 23.1 Å². The van der Waals surface area contributed by atoms with Crippen LogP contribution in [0.15, 0.2) is 66.2 Å². The van der Waals surface area contributed by atoms with Crippen LogP contribution in [0.2, 0.25) is 0 Å². The van der Waals surface area contributed by atoms with Crippen molar-refractivity contribution in [3.63, 3.8) is 0 Å². The average molecular weight is 489 g/mol. The van der Waals surface area contributed by atoms with E-state index in [0.29, 0.717) is 11.1 Å². The van der Waals surface area contributed by atoms with Crippen molar-refractivity contribution in [2.45, 2.75) is 30.8 Å². The van der Waals surface area contributed by atoms with Crippen LogP contribution in [0.25, 0.3) is 27.7 Å². The molecule has 34 heavy (non-hydrogen) atoms. The molecule has 0 amide bonds. The number of rotatable bonds is 7. The molecule has 1 saturated heterocycles. The molecule has 1 aliphatic heterocycles. The van der Waals surface area contributed by atoms with Gasteiger partial charge in [-0.25, -0.2) is 15.0 Å². The predicted octanol–water partition coefficient (Wildman–Crippen LogP) is 6.80. The van der Waals surface area contributed by atoms with Crippen LogP contribution in [0.3, 0.4) is 0 Å². The minimum absolute atomic E-state index is 0.109. The molecule has 0 bridgehead atoms. The molecular formula is C27H28N4OS2. The van der Waals surface area contributed by atoms with Gasteiger partial charge in [-0.2, -0.15) is 0 Å². The summed E-state index contributed by atoms with van der Waals surface area (Å²) in [4.78, 5) is 18.6. The average Bonchev–Trinajstić information content (AvgIpc) is 3.30. The van der Waals surface area contributed by atoms with Crippen LogP contribution in [-0.4, -0.2) is 40.4 Å². The second kappa shape index (κ2) is 10.2. The Labute approximate surface area is 208 Å². The third-order valence-electron chi connectivity index (χ3n) is 6.44. The molecule has 0 aliphatic carbocycles. The molecule has 4 heterocycles. The maximum Gasteiger partial charge on any atom is 0.276 e. The van der Waals surface area contributed by atoms with E-state index in [9.17, 15) is 0 Å². The van der Waals surface area contributed by atoms with Crippen LogP contribution in [0.4, 0.5) is 5.82 Å². The second-order valence-electron chi connectivity index (χ2n) is 8.53. The van der Waals surface area contributed by atoms with Crippen molar-refractivity contribution in [2.75, 3.05) is 24.2 Å². The Morgan fingerprint density at radius 2 is 1.88 bits per heavy atom. The highest BCUT2D eigenvalue weighted by molar-refractivity contribution is 7.98. The van der Waals surface area contributed by atoms with Gasteiger partial charge in [-0.3, -0.25) is 0 Å². The number of thioether (sulfide) groups is 1. The van der Waals surface area contributed by atoms with Crippen molar-refractivity contribution in [3.8, 4) is 16.5 Å². The summed E-state index contributed by atoms with van der Waals surface area (Å²) in [6.45, 7) is 7.93. The van der Waals surface area contributed by atoms with Crippen LogP contribution in [-0.2, 0) is 0 Å². The van der Waals surface area contributed by atoms with E-state index in [1.807, 2.05) is 24.4 Å². The second-order valence-corrected chi connectivity index (χ2v) is 10.4. The Hall–Kier alpha value is -2.90. The first-order valence-electron chi connectivity index (χ1n) is 11.5. The van der Waals surface area contributed by atoms with Gasteiger partial charge >= 0.3 is 0 Å². The highest BCUT2D eigenvalue weighted by atomic mass is 32.2. The SMILES string of the molecule is C=Cc1ccc(N2CCC(C(C)Oc3nc4ccc(-c5ccc(SC)cc5)nc4s3)CC2)nc1. The van der Waals surface area contributed by atoms with Crippen molar-refractivity contribution >= 4 is 45.3 Å². The number of piperidine rings is 1. The highest BCUT2D eigenvalue weighted by Gasteiger charge is 2.26. The predicted molar refractivity (Wildman–Crippen MR) is 144 cm³/mol. The number of thiazole rings is 1. The standard InChI is InChI=1S/C27H28N4OS2/c1-4-19-5-12-25(28-17-19)31-15-13-20(14-16-31)18(2)32-27-30-24-11-10-23(29-26(24)34-27)21-6-8-22(33-3)9-7-21/h4-12,17-18,20H,1,13-16H2,2-3H3. The quantitative estimate of drug-likeness (QED) is 0.267. The van der Waals surface area contributed by atoms with Gasteiger partial charge in [0.1, 0.15) is 22.3 Å². The molecule has 1 fully saturated rings. The van der Waals surface area contributed by atoms with Crippen molar-refractivity contribution in [1.29, 1.82) is 0 Å². The number of anilines is 1. The molecular weight excluding hydrogens is 460 g/mol. The third-order valence-corrected chi connectivity index (χ3v) is 8.04. The number of hydrogen-bond donors (Lipinski definition) is 0. The topological polar surface area (TPSA) is 51.1 Å². The van der Waals surface area contributed by atoms with Gasteiger partial charge in [0.05, 0.1) is 5.69 Å². The van der Waals surface area contributed by atoms with Gasteiger partial charge in [-0.15, -0.1) is 11.8 Å². The maximum absolute atomic E-state index is 6.31. The number of fused-ring (bicyclic) bond motifs is 1. The molecule has 1 aromatic carbocycles. The summed E-state index contributed by atoms with van der Waals surface area (Å²) in [5.41, 5.74) is 4.02. The fraction of sp³-hybridized carbons (Fsp3) is 0.296. The van der Waals surface area contributed by atoms with Crippen LogP contribution < -0.4 is 9.64 Å². The first kappa shape index (κ1) is 22.9. The van der Waals surface area contributed by atoms with E-state index in [1.54, 1.807) is 11.8 Å². The molecule has 0 N–H and O–H groups in total. The zero-order valence-corrected chi connectivity index (χ0v) is 21.1. The number of nitrogens with zero attached hydrogens (tertiary/aromatic N) is 4. The summed E-state index contributed by atoms with van der Waals surface area (Å²) in [5.74, 6) is 1.53. The number of ether oxygens (including phenoxy) is 1. The smallest absolute Gasteiger partial charge is 0.276 e. The minimum Gasteiger partial charge on any atom is -0.467 e. The molecule has 1 unspecified atom stereocenters. The normalized spacial score (nSPS) is 15.4. The Morgan fingerprint density at radius 1 is 1.09 bits per heavy atom. The molecule has 0 saturated carbocycles. The van der Waals surface area contributed by atoms with Gasteiger partial charge in [-0.1, -0.05) is 36.1 Å². The summed E-state index contributed by atoms with van der Waals surface area (Å²) in [6.07, 6.45) is 8.05. The van der Waals surface area contributed by atoms with Crippen LogP contribution in [0, 0.1) is 5.92 Å². The van der Waals surface area contributed by atoms with Gasteiger partial charge in [0.2, 0.25) is 0 Å². The minimum atomic E-state index is 0.109. The summed E-state index contributed by atoms with van der Waals surface area (Å²) in [7, 11) is 0. The van der Waals surface area contributed by atoms with Gasteiger partial charge in [-0.05, 0) is 73.9 Å². The summed E-state index contributed by atoms with van der Waals surface area (Å²) < 4.78 is 6.31. The first-order chi connectivity index (χ1) is 16.6. The van der Waals surface area contributed by atoms with E-state index >= 15 is 0 Å². The van der Waals surface area contributed by atoms with Crippen molar-refractivity contribution < 1.29 is 4.74 Å². The Morgan fingerprint density at radius 3 is 2.56 bits per heavy atom. The summed E-state index contributed by atoms with van der Waals surface area (Å²) in [5, 5.41) is 0.703. The van der Waals surface area contributed by atoms with Crippen molar-refractivity contribution in [2.24, 2.45) is 5.92 Å². The molecule has 4 aromatic rings. The number of benzene rings is 1. The van der Waals surface area contributed by atoms with Gasteiger partial charge in [0, 0.05) is 29.7 Å². The molecule has 5 rings (SSSR count). The lowest BCUT2D eigenvalue weighted by molar-refractivity contribution is 0.132. The maximum atomic E-state index is 6.31. The first-order valence-corrected chi connectivity index (χ1v) is 13.6. The highest BCUT2D eigenvalue weighted by Crippen LogP contribution is 2.32. The zero-order valence-electron chi connectivity index (χ0n) is 19.5. The molecule has 0 spiro atoms. The van der Waals surface area contributed by atoms with Crippen molar-refractivity contribution in [3.05, 3.63) is 66.9 Å². The molecule has 174 valence electrons. The monoisotopic (exact) mass is 488 g/mol. The summed E-state index contributed by atoms with van der Waals surface area (Å²) in [6, 6.07) is 16.7. The molecule has 7 heteroatoms. The van der Waals surface area contributed by atoms with E-state index < -0.39 is 0 Å². The molecule has 5 nitrogen and oxygen atoms in total. The molecule has 1 aliphatic rings. The lowest BCUT2D eigenvalue weighted by Gasteiger charge is -2.35. The Kier molecular flexibility index (Phi) is 6.83. The largest absolute Gasteiger partial charge is 0.467 e. The number of pyridine rings is 2. The molecule has 1 atom stereocenters. The Bertz CT molecular complexity index is 1260. The Balaban J connectivity index is 1.22. The van der Waals surface area contributed by atoms with E-state index in [0.717, 1.165) is 58.9 Å². The van der Waals surface area contributed by atoms with Crippen molar-refractivity contribution in [1.82, 2.24) is 15.0 Å². The number of hydrogen-bond acceptors (Lipinski definition) is 7.